The van der Waals surface area contributed by atoms with Crippen LogP contribution < -0.4 is 0 Å². The third-order valence-corrected chi connectivity index (χ3v) is 29.2. The zero-order valence-corrected chi connectivity index (χ0v) is 40.2. The van der Waals surface area contributed by atoms with E-state index in [1.165, 1.54) is 80.6 Å². The number of hydrogen-bond acceptors (Lipinski definition) is 3. The Labute approximate surface area is 322 Å². The summed E-state index contributed by atoms with van der Waals surface area (Å²) >= 11 is 0. The molecule has 0 N–H and O–H groups in total. The molecule has 296 valence electrons. The molecule has 0 aromatic carbocycles. The van der Waals surface area contributed by atoms with E-state index < -0.39 is 25.0 Å². The fourth-order valence-corrected chi connectivity index (χ4v) is 15.5. The summed E-state index contributed by atoms with van der Waals surface area (Å²) in [6.07, 6.45) is 17.6. The van der Waals surface area contributed by atoms with Gasteiger partial charge in [0.2, 0.25) is 0 Å². The number of hydrogen-bond donors (Lipinski definition) is 0. The molecule has 0 amide bonds. The summed E-state index contributed by atoms with van der Waals surface area (Å²) in [6.45, 7) is 45.4. The van der Waals surface area contributed by atoms with E-state index in [4.69, 9.17) is 19.9 Å². The number of rotatable bonds is 15. The molecule has 3 fully saturated rings. The van der Waals surface area contributed by atoms with Crippen LogP contribution in [0.2, 0.25) is 54.4 Å². The maximum absolute atomic E-state index is 7.13. The fourth-order valence-electron chi connectivity index (χ4n) is 9.63. The first-order valence-electron chi connectivity index (χ1n) is 21.4. The van der Waals surface area contributed by atoms with Gasteiger partial charge in [0.05, 0.1) is 17.8 Å². The van der Waals surface area contributed by atoms with Crippen molar-refractivity contribution in [3.05, 3.63) is 35.5 Å². The van der Waals surface area contributed by atoms with Gasteiger partial charge in [-0.25, -0.2) is 0 Å². The van der Waals surface area contributed by atoms with Gasteiger partial charge < -0.3 is 13.3 Å². The third kappa shape index (κ3) is 10.7. The molecule has 0 heterocycles. The molecule has 0 radical (unpaired) electrons. The normalized spacial score (nSPS) is 29.5. The minimum atomic E-state index is -1.98. The van der Waals surface area contributed by atoms with E-state index in [2.05, 4.69) is 128 Å². The molecule has 0 aromatic rings. The van der Waals surface area contributed by atoms with E-state index in [-0.39, 0.29) is 27.9 Å². The standard InChI is InChI=1S/C45H86O3Si3/c1-19-51(20-2,21-3)48-44(12,13)30-22-24-34(4)39-28-29-40-36(25-23-31-45(39,40)14)26-27-37-32-38(46-49(15,16)42(6,7)8)33-41(35(37)5)47-50(17,18)43(9,10)11/h26-27,34,38-41H,5,19-25,28-33H2,1-4,6-18H3/b36-26+,37-27-/t34-,38-,39-,40+,41+,45-/m1/s1. The van der Waals surface area contributed by atoms with Gasteiger partial charge in [0.15, 0.2) is 25.0 Å². The Kier molecular flexibility index (Phi) is 14.9. The molecule has 0 spiro atoms. The van der Waals surface area contributed by atoms with Crippen molar-refractivity contribution in [1.29, 1.82) is 0 Å². The van der Waals surface area contributed by atoms with E-state index in [1.54, 1.807) is 5.57 Å². The second-order valence-electron chi connectivity index (χ2n) is 21.3. The second kappa shape index (κ2) is 16.9. The predicted octanol–water partition coefficient (Wildman–Crippen LogP) is 14.8. The average Bonchev–Trinajstić information content (AvgIpc) is 3.36. The summed E-state index contributed by atoms with van der Waals surface area (Å²) in [5.41, 5.74) is 4.67. The van der Waals surface area contributed by atoms with Crippen molar-refractivity contribution in [2.75, 3.05) is 0 Å². The van der Waals surface area contributed by atoms with Gasteiger partial charge >= 0.3 is 0 Å². The number of allylic oxidation sites excluding steroid dienone is 3. The Morgan fingerprint density at radius 2 is 1.43 bits per heavy atom. The summed E-state index contributed by atoms with van der Waals surface area (Å²) in [4.78, 5) is 0. The van der Waals surface area contributed by atoms with Gasteiger partial charge in [-0.1, -0.05) is 113 Å². The van der Waals surface area contributed by atoms with E-state index in [0.717, 1.165) is 24.7 Å². The molecule has 0 saturated heterocycles. The Morgan fingerprint density at radius 1 is 0.863 bits per heavy atom. The third-order valence-electron chi connectivity index (χ3n) is 15.3. The molecule has 0 unspecified atom stereocenters. The van der Waals surface area contributed by atoms with E-state index in [0.29, 0.717) is 11.3 Å². The monoisotopic (exact) mass is 759 g/mol. The van der Waals surface area contributed by atoms with E-state index in [9.17, 15) is 0 Å². The van der Waals surface area contributed by atoms with Crippen LogP contribution >= 0.6 is 0 Å². The molecule has 3 aliphatic rings. The van der Waals surface area contributed by atoms with Crippen molar-refractivity contribution < 1.29 is 13.3 Å². The van der Waals surface area contributed by atoms with Gasteiger partial charge in [0.1, 0.15) is 0 Å². The molecule has 0 bridgehead atoms. The van der Waals surface area contributed by atoms with Gasteiger partial charge in [-0.05, 0) is 148 Å². The highest BCUT2D eigenvalue weighted by Crippen LogP contribution is 2.60. The Morgan fingerprint density at radius 3 is 1.98 bits per heavy atom. The highest BCUT2D eigenvalue weighted by atomic mass is 28.4. The van der Waals surface area contributed by atoms with Crippen molar-refractivity contribution in [2.45, 2.75) is 226 Å². The molecule has 6 atom stereocenters. The minimum absolute atomic E-state index is 0.00305. The number of fused-ring (bicyclic) bond motifs is 1. The molecule has 0 aromatic heterocycles. The molecule has 3 nitrogen and oxygen atoms in total. The fraction of sp³-hybridized carbons (Fsp3) is 0.867. The summed E-state index contributed by atoms with van der Waals surface area (Å²) in [5.74, 6) is 2.28. The maximum Gasteiger partial charge on any atom is 0.192 e. The topological polar surface area (TPSA) is 27.7 Å². The van der Waals surface area contributed by atoms with Crippen LogP contribution in [0.5, 0.6) is 0 Å². The zero-order chi connectivity index (χ0) is 38.8. The molecule has 6 heteroatoms. The second-order valence-corrected chi connectivity index (χ2v) is 35.5. The first kappa shape index (κ1) is 45.1. The summed E-state index contributed by atoms with van der Waals surface area (Å²) in [6, 6.07) is 3.70. The van der Waals surface area contributed by atoms with Gasteiger partial charge in [0.25, 0.3) is 0 Å². The first-order valence-corrected chi connectivity index (χ1v) is 29.8. The smallest absolute Gasteiger partial charge is 0.192 e. The van der Waals surface area contributed by atoms with Crippen LogP contribution in [0.3, 0.4) is 0 Å². The lowest BCUT2D eigenvalue weighted by Gasteiger charge is -2.46. The quantitative estimate of drug-likeness (QED) is 0.156. The van der Waals surface area contributed by atoms with Crippen molar-refractivity contribution >= 4 is 25.0 Å². The highest BCUT2D eigenvalue weighted by Gasteiger charge is 2.51. The average molecular weight is 759 g/mol. The van der Waals surface area contributed by atoms with Crippen LogP contribution in [0.15, 0.2) is 35.5 Å². The molecular formula is C45H86O3Si3. The Bertz CT molecular complexity index is 1220. The van der Waals surface area contributed by atoms with Crippen LogP contribution in [-0.4, -0.2) is 42.8 Å². The molecule has 51 heavy (non-hydrogen) atoms. The van der Waals surface area contributed by atoms with Crippen molar-refractivity contribution in [3.8, 4) is 0 Å². The Balaban J connectivity index is 1.79. The lowest BCUT2D eigenvalue weighted by molar-refractivity contribution is 0.0704. The van der Waals surface area contributed by atoms with Gasteiger partial charge in [-0.3, -0.25) is 0 Å². The van der Waals surface area contributed by atoms with Gasteiger partial charge in [-0.15, -0.1) is 0 Å². The van der Waals surface area contributed by atoms with E-state index in [1.807, 2.05) is 0 Å². The molecular weight excluding hydrogens is 673 g/mol. The van der Waals surface area contributed by atoms with Gasteiger partial charge in [0, 0.05) is 6.42 Å². The van der Waals surface area contributed by atoms with Crippen molar-refractivity contribution in [1.82, 2.24) is 0 Å². The van der Waals surface area contributed by atoms with E-state index >= 15 is 0 Å². The molecule has 3 saturated carbocycles. The lowest BCUT2D eigenvalue weighted by Crippen LogP contribution is -2.49. The molecule has 3 rings (SSSR count). The zero-order valence-electron chi connectivity index (χ0n) is 37.2. The summed E-state index contributed by atoms with van der Waals surface area (Å²) < 4.78 is 21.2. The lowest BCUT2D eigenvalue weighted by atomic mass is 9.60. The predicted molar refractivity (Wildman–Crippen MR) is 232 cm³/mol. The van der Waals surface area contributed by atoms with Crippen LogP contribution in [0.1, 0.15) is 154 Å². The van der Waals surface area contributed by atoms with Crippen LogP contribution in [0.4, 0.5) is 0 Å². The minimum Gasteiger partial charge on any atom is -0.413 e. The van der Waals surface area contributed by atoms with Crippen LogP contribution in [0, 0.1) is 23.2 Å². The summed E-state index contributed by atoms with van der Waals surface area (Å²) in [5, 5.41) is 0.341. The largest absolute Gasteiger partial charge is 0.413 e. The summed E-state index contributed by atoms with van der Waals surface area (Å²) in [7, 11) is -5.50. The van der Waals surface area contributed by atoms with Gasteiger partial charge in [-0.2, -0.15) is 0 Å². The van der Waals surface area contributed by atoms with Crippen LogP contribution in [-0.2, 0) is 13.3 Å². The molecule has 0 aliphatic heterocycles. The molecule has 3 aliphatic carbocycles. The van der Waals surface area contributed by atoms with Crippen LogP contribution in [0.25, 0.3) is 0 Å². The van der Waals surface area contributed by atoms with Crippen molar-refractivity contribution in [2.24, 2.45) is 23.2 Å². The maximum atomic E-state index is 7.13. The van der Waals surface area contributed by atoms with Crippen molar-refractivity contribution in [3.63, 3.8) is 0 Å². The SMILES string of the molecule is C=C1/C(=C\C=C2/CCC[C@]3(C)[C@@H]([C@H](C)CCCC(C)(C)O[Si](CC)(CC)CC)CC[C@@H]23)C[C@@H](O[Si](C)(C)C(C)(C)C)C[C@@H]1O[Si](C)(C)C(C)(C)C. The Hall–Kier alpha value is -0.249. The highest BCUT2D eigenvalue weighted by molar-refractivity contribution is 6.74. The first-order chi connectivity index (χ1) is 23.3.